The fourth-order valence-electron chi connectivity index (χ4n) is 3.94. The van der Waals surface area contributed by atoms with Gasteiger partial charge in [0.05, 0.1) is 12.8 Å². The van der Waals surface area contributed by atoms with Crippen molar-refractivity contribution in [1.82, 2.24) is 0 Å². The van der Waals surface area contributed by atoms with Gasteiger partial charge in [-0.25, -0.2) is 8.42 Å². The van der Waals surface area contributed by atoms with Gasteiger partial charge in [0.25, 0.3) is 10.0 Å². The van der Waals surface area contributed by atoms with Crippen LogP contribution in [0.5, 0.6) is 5.75 Å². The minimum Gasteiger partial charge on any atom is -0.495 e. The van der Waals surface area contributed by atoms with E-state index in [4.69, 9.17) is 4.74 Å². The Morgan fingerprint density at radius 3 is 2.30 bits per heavy atom. The number of nitrogens with zero attached hydrogens (tertiary/aromatic N) is 1. The molecule has 0 saturated carbocycles. The standard InChI is InChI=1S/C21H28N2O3S/c1-14-8-9-18(26-5)19(12-14)27(24,25)22-20-15(2)13-16(3)21(17(20)4)23-10-6-7-11-23/h8-9,12-13,22H,6-7,10-11H2,1-5H3. The molecule has 1 saturated heterocycles. The van der Waals surface area contributed by atoms with Crippen molar-refractivity contribution in [2.24, 2.45) is 0 Å². The van der Waals surface area contributed by atoms with E-state index < -0.39 is 10.0 Å². The van der Waals surface area contributed by atoms with Gasteiger partial charge < -0.3 is 9.64 Å². The molecule has 2 aromatic carbocycles. The molecule has 1 aliphatic heterocycles. The van der Waals surface area contributed by atoms with E-state index in [0.29, 0.717) is 11.4 Å². The molecule has 5 nitrogen and oxygen atoms in total. The Kier molecular flexibility index (Phi) is 5.38. The first-order valence-electron chi connectivity index (χ1n) is 9.28. The lowest BCUT2D eigenvalue weighted by Crippen LogP contribution is -2.22. The molecule has 1 heterocycles. The van der Waals surface area contributed by atoms with Crippen LogP contribution in [0.3, 0.4) is 0 Å². The van der Waals surface area contributed by atoms with E-state index in [1.54, 1.807) is 12.1 Å². The number of sulfonamides is 1. The predicted octanol–water partition coefficient (Wildman–Crippen LogP) is 4.33. The Hall–Kier alpha value is -2.21. The summed E-state index contributed by atoms with van der Waals surface area (Å²) < 4.78 is 34.4. The van der Waals surface area contributed by atoms with Crippen molar-refractivity contribution in [3.05, 3.63) is 46.5 Å². The molecule has 2 aromatic rings. The average Bonchev–Trinajstić information content (AvgIpc) is 3.12. The molecular weight excluding hydrogens is 360 g/mol. The summed E-state index contributed by atoms with van der Waals surface area (Å²) in [4.78, 5) is 2.52. The first kappa shape index (κ1) is 19.5. The van der Waals surface area contributed by atoms with Crippen molar-refractivity contribution in [2.45, 2.75) is 45.4 Å². The Balaban J connectivity index is 2.07. The maximum atomic E-state index is 13.2. The number of anilines is 2. The third-order valence-corrected chi connectivity index (χ3v) is 6.57. The number of aryl methyl sites for hydroxylation is 3. The van der Waals surface area contributed by atoms with Gasteiger partial charge in [0.1, 0.15) is 10.6 Å². The summed E-state index contributed by atoms with van der Waals surface area (Å²) in [6, 6.07) is 7.23. The van der Waals surface area contributed by atoms with Crippen LogP contribution in [0.1, 0.15) is 35.1 Å². The minimum absolute atomic E-state index is 0.159. The van der Waals surface area contributed by atoms with Crippen LogP contribution < -0.4 is 14.4 Å². The fraction of sp³-hybridized carbons (Fsp3) is 0.429. The van der Waals surface area contributed by atoms with E-state index in [9.17, 15) is 8.42 Å². The molecule has 1 N–H and O–H groups in total. The van der Waals surface area contributed by atoms with Gasteiger partial charge in [-0.3, -0.25) is 4.72 Å². The maximum Gasteiger partial charge on any atom is 0.265 e. The Bertz CT molecular complexity index is 962. The summed E-state index contributed by atoms with van der Waals surface area (Å²) in [5.74, 6) is 0.343. The van der Waals surface area contributed by atoms with E-state index in [2.05, 4.69) is 22.6 Å². The third-order valence-electron chi connectivity index (χ3n) is 5.20. The zero-order valence-corrected chi connectivity index (χ0v) is 17.5. The smallest absolute Gasteiger partial charge is 0.265 e. The van der Waals surface area contributed by atoms with Crippen LogP contribution >= 0.6 is 0 Å². The Labute approximate surface area is 162 Å². The summed E-state index contributed by atoms with van der Waals surface area (Å²) in [5, 5.41) is 0. The summed E-state index contributed by atoms with van der Waals surface area (Å²) in [7, 11) is -2.29. The molecule has 0 aromatic heterocycles. The van der Waals surface area contributed by atoms with Crippen LogP contribution in [0, 0.1) is 27.7 Å². The lowest BCUT2D eigenvalue weighted by Gasteiger charge is -2.26. The van der Waals surface area contributed by atoms with Gasteiger partial charge in [0, 0.05) is 18.8 Å². The Morgan fingerprint density at radius 1 is 1.00 bits per heavy atom. The van der Waals surface area contributed by atoms with Crippen LogP contribution in [0.25, 0.3) is 0 Å². The average molecular weight is 389 g/mol. The van der Waals surface area contributed by atoms with Crippen LogP contribution in [-0.2, 0) is 10.0 Å². The molecule has 1 fully saturated rings. The topological polar surface area (TPSA) is 58.6 Å². The highest BCUT2D eigenvalue weighted by molar-refractivity contribution is 7.92. The largest absolute Gasteiger partial charge is 0.495 e. The van der Waals surface area contributed by atoms with Gasteiger partial charge in [-0.1, -0.05) is 12.1 Å². The molecule has 146 valence electrons. The quantitative estimate of drug-likeness (QED) is 0.828. The zero-order chi connectivity index (χ0) is 19.8. The van der Waals surface area contributed by atoms with E-state index in [-0.39, 0.29) is 4.90 Å². The second-order valence-electron chi connectivity index (χ2n) is 7.31. The van der Waals surface area contributed by atoms with Crippen LogP contribution in [0.4, 0.5) is 11.4 Å². The summed E-state index contributed by atoms with van der Waals surface area (Å²) in [5.41, 5.74) is 5.75. The van der Waals surface area contributed by atoms with Gasteiger partial charge in [0.2, 0.25) is 0 Å². The molecular formula is C21H28N2O3S. The van der Waals surface area contributed by atoms with Crippen LogP contribution in [-0.4, -0.2) is 28.6 Å². The highest BCUT2D eigenvalue weighted by atomic mass is 32.2. The number of ether oxygens (including phenoxy) is 1. The van der Waals surface area contributed by atoms with E-state index >= 15 is 0 Å². The van der Waals surface area contributed by atoms with Gasteiger partial charge in [0.15, 0.2) is 0 Å². The van der Waals surface area contributed by atoms with E-state index in [1.807, 2.05) is 26.8 Å². The van der Waals surface area contributed by atoms with Gasteiger partial charge in [-0.05, 0) is 74.9 Å². The molecule has 0 amide bonds. The number of benzene rings is 2. The predicted molar refractivity (Wildman–Crippen MR) is 111 cm³/mol. The van der Waals surface area contributed by atoms with E-state index in [1.165, 1.54) is 25.5 Å². The van der Waals surface area contributed by atoms with Gasteiger partial charge in [-0.15, -0.1) is 0 Å². The second kappa shape index (κ2) is 7.43. The highest BCUT2D eigenvalue weighted by Gasteiger charge is 2.24. The Morgan fingerprint density at radius 2 is 1.67 bits per heavy atom. The first-order valence-corrected chi connectivity index (χ1v) is 10.8. The number of hydrogen-bond acceptors (Lipinski definition) is 4. The summed E-state index contributed by atoms with van der Waals surface area (Å²) in [6.07, 6.45) is 2.35. The van der Waals surface area contributed by atoms with E-state index in [0.717, 1.165) is 35.5 Å². The molecule has 0 atom stereocenters. The first-order chi connectivity index (χ1) is 12.7. The lowest BCUT2D eigenvalue weighted by atomic mass is 10.0. The van der Waals surface area contributed by atoms with Crippen molar-refractivity contribution in [3.8, 4) is 5.75 Å². The molecule has 0 radical (unpaired) electrons. The normalized spacial score (nSPS) is 14.5. The highest BCUT2D eigenvalue weighted by Crippen LogP contribution is 2.37. The third kappa shape index (κ3) is 3.76. The summed E-state index contributed by atoms with van der Waals surface area (Å²) in [6.45, 7) is 9.94. The SMILES string of the molecule is COc1ccc(C)cc1S(=O)(=O)Nc1c(C)cc(C)c(N2CCCC2)c1C. The molecule has 3 rings (SSSR count). The molecule has 0 bridgehead atoms. The van der Waals surface area contributed by atoms with Crippen molar-refractivity contribution < 1.29 is 13.2 Å². The van der Waals surface area contributed by atoms with Crippen LogP contribution in [0.15, 0.2) is 29.2 Å². The molecule has 1 aliphatic rings. The van der Waals surface area contributed by atoms with Crippen LogP contribution in [0.2, 0.25) is 0 Å². The number of methoxy groups -OCH3 is 1. The molecule has 27 heavy (non-hydrogen) atoms. The van der Waals surface area contributed by atoms with Crippen molar-refractivity contribution in [1.29, 1.82) is 0 Å². The lowest BCUT2D eigenvalue weighted by molar-refractivity contribution is 0.402. The maximum absolute atomic E-state index is 13.2. The zero-order valence-electron chi connectivity index (χ0n) is 16.7. The monoisotopic (exact) mass is 388 g/mol. The summed E-state index contributed by atoms with van der Waals surface area (Å²) >= 11 is 0. The minimum atomic E-state index is -3.77. The fourth-order valence-corrected chi connectivity index (χ4v) is 5.39. The molecule has 0 unspecified atom stereocenters. The second-order valence-corrected chi connectivity index (χ2v) is 8.96. The molecule has 6 heteroatoms. The van der Waals surface area contributed by atoms with Gasteiger partial charge >= 0.3 is 0 Å². The number of nitrogens with one attached hydrogen (secondary N) is 1. The number of rotatable bonds is 5. The van der Waals surface area contributed by atoms with Crippen molar-refractivity contribution in [2.75, 3.05) is 29.8 Å². The number of hydrogen-bond donors (Lipinski definition) is 1. The van der Waals surface area contributed by atoms with Crippen molar-refractivity contribution >= 4 is 21.4 Å². The molecule has 0 aliphatic carbocycles. The van der Waals surface area contributed by atoms with Gasteiger partial charge in [-0.2, -0.15) is 0 Å². The van der Waals surface area contributed by atoms with Crippen molar-refractivity contribution in [3.63, 3.8) is 0 Å². The molecule has 0 spiro atoms.